The Morgan fingerprint density at radius 2 is 1.91 bits per heavy atom. The first-order valence-electron chi connectivity index (χ1n) is 9.23. The number of hydrogen-bond donors (Lipinski definition) is 2. The lowest BCUT2D eigenvalue weighted by molar-refractivity contribution is -0.274. The van der Waals surface area contributed by atoms with Crippen molar-refractivity contribution in [3.05, 3.63) is 77.8 Å². The first kappa shape index (κ1) is 24.7. The topological polar surface area (TPSA) is 89.2 Å². The van der Waals surface area contributed by atoms with Crippen molar-refractivity contribution in [3.8, 4) is 5.75 Å². The van der Waals surface area contributed by atoms with Crippen LogP contribution in [0.5, 0.6) is 5.75 Å². The number of carbonyl (C=O) groups excluding carboxylic acids is 1. The molecule has 2 aromatic rings. The molecule has 0 bridgehead atoms. The van der Waals surface area contributed by atoms with E-state index in [9.17, 15) is 22.4 Å². The van der Waals surface area contributed by atoms with Crippen LogP contribution in [0.3, 0.4) is 0 Å². The Balaban J connectivity index is 2.09. The van der Waals surface area contributed by atoms with Gasteiger partial charge in [-0.05, 0) is 42.0 Å². The zero-order valence-electron chi connectivity index (χ0n) is 17.2. The van der Waals surface area contributed by atoms with Crippen LogP contribution in [0.4, 0.5) is 17.6 Å². The second-order valence-electron chi connectivity index (χ2n) is 6.52. The zero-order valence-corrected chi connectivity index (χ0v) is 17.2. The van der Waals surface area contributed by atoms with Gasteiger partial charge in [0, 0.05) is 19.2 Å². The summed E-state index contributed by atoms with van der Waals surface area (Å²) in [4.78, 5) is 12.4. The first-order valence-corrected chi connectivity index (χ1v) is 9.23. The minimum absolute atomic E-state index is 0.0479. The summed E-state index contributed by atoms with van der Waals surface area (Å²) in [7, 11) is 1.43. The standard InChI is InChI=1S/C21H22F4N4O3/c1-14(13-31-2)29(12-19(30)27-11-15-4-3-5-17(22)10-15)28-20(26)16-6-8-18(9-7-16)32-21(23,24)25/h3-10H,1,11-13H2,2H3,(H2,26,28)(H,27,30). The van der Waals surface area contributed by atoms with E-state index in [2.05, 4.69) is 21.7 Å². The molecule has 0 spiro atoms. The van der Waals surface area contributed by atoms with Crippen LogP contribution in [-0.2, 0) is 16.1 Å². The molecule has 172 valence electrons. The van der Waals surface area contributed by atoms with Crippen molar-refractivity contribution in [1.29, 1.82) is 0 Å². The van der Waals surface area contributed by atoms with Gasteiger partial charge in [-0.1, -0.05) is 18.7 Å². The molecule has 7 nitrogen and oxygen atoms in total. The number of nitrogens with zero attached hydrogens (tertiary/aromatic N) is 2. The van der Waals surface area contributed by atoms with Crippen LogP contribution in [-0.4, -0.2) is 43.4 Å². The summed E-state index contributed by atoms with van der Waals surface area (Å²) in [5.74, 6) is -1.35. The molecule has 2 rings (SSSR count). The fraction of sp³-hybridized carbons (Fsp3) is 0.238. The summed E-state index contributed by atoms with van der Waals surface area (Å²) in [6.45, 7) is 3.67. The van der Waals surface area contributed by atoms with E-state index in [-0.39, 0.29) is 25.5 Å². The first-order chi connectivity index (χ1) is 15.1. The van der Waals surface area contributed by atoms with Crippen LogP contribution in [0.25, 0.3) is 0 Å². The van der Waals surface area contributed by atoms with Crippen LogP contribution in [0, 0.1) is 5.82 Å². The highest BCUT2D eigenvalue weighted by atomic mass is 19.4. The Morgan fingerprint density at radius 1 is 1.22 bits per heavy atom. The number of methoxy groups -OCH3 is 1. The van der Waals surface area contributed by atoms with Crippen molar-refractivity contribution in [2.24, 2.45) is 10.8 Å². The lowest BCUT2D eigenvalue weighted by Gasteiger charge is -2.21. The van der Waals surface area contributed by atoms with Crippen LogP contribution in [0.2, 0.25) is 0 Å². The summed E-state index contributed by atoms with van der Waals surface area (Å²) in [5, 5.41) is 7.98. The third-order valence-corrected chi connectivity index (χ3v) is 3.96. The highest BCUT2D eigenvalue weighted by molar-refractivity contribution is 5.97. The Bertz CT molecular complexity index is 962. The molecule has 3 N–H and O–H groups in total. The third-order valence-electron chi connectivity index (χ3n) is 3.96. The minimum atomic E-state index is -4.81. The number of nitrogens with one attached hydrogen (secondary N) is 1. The molecule has 0 radical (unpaired) electrons. The molecule has 0 saturated carbocycles. The predicted molar refractivity (Wildman–Crippen MR) is 110 cm³/mol. The second-order valence-corrected chi connectivity index (χ2v) is 6.52. The maximum absolute atomic E-state index is 13.3. The molecule has 2 aromatic carbocycles. The Kier molecular flexibility index (Phi) is 8.59. The largest absolute Gasteiger partial charge is 0.573 e. The molecule has 0 aliphatic rings. The maximum atomic E-state index is 13.3. The SMILES string of the molecule is C=C(COC)N(CC(=O)NCc1cccc(F)c1)/N=C(\N)c1ccc(OC(F)(F)F)cc1. The normalized spacial score (nSPS) is 11.7. The lowest BCUT2D eigenvalue weighted by atomic mass is 10.2. The van der Waals surface area contributed by atoms with Crippen molar-refractivity contribution in [2.75, 3.05) is 20.3 Å². The number of benzene rings is 2. The number of nitrogens with two attached hydrogens (primary N) is 1. The molecular weight excluding hydrogens is 432 g/mol. The highest BCUT2D eigenvalue weighted by Crippen LogP contribution is 2.22. The fourth-order valence-corrected chi connectivity index (χ4v) is 2.51. The van der Waals surface area contributed by atoms with E-state index < -0.39 is 23.8 Å². The molecule has 0 heterocycles. The third kappa shape index (κ3) is 8.26. The summed E-state index contributed by atoms with van der Waals surface area (Å²) < 4.78 is 59.0. The van der Waals surface area contributed by atoms with E-state index in [0.717, 1.165) is 12.1 Å². The van der Waals surface area contributed by atoms with Crippen molar-refractivity contribution < 1.29 is 31.8 Å². The molecule has 32 heavy (non-hydrogen) atoms. The summed E-state index contributed by atoms with van der Waals surface area (Å²) >= 11 is 0. The Labute approximate surface area is 182 Å². The molecule has 0 atom stereocenters. The van der Waals surface area contributed by atoms with Crippen LogP contribution < -0.4 is 15.8 Å². The molecule has 11 heteroatoms. The van der Waals surface area contributed by atoms with E-state index in [4.69, 9.17) is 10.5 Å². The Hall–Kier alpha value is -3.60. The van der Waals surface area contributed by atoms with Gasteiger partial charge in [0.15, 0.2) is 5.84 Å². The molecular formula is C21H22F4N4O3. The molecule has 0 aliphatic heterocycles. The van der Waals surface area contributed by atoms with Gasteiger partial charge < -0.3 is 20.5 Å². The number of halogens is 4. The zero-order chi connectivity index (χ0) is 23.7. The smallest absolute Gasteiger partial charge is 0.406 e. The van der Waals surface area contributed by atoms with Gasteiger partial charge in [0.25, 0.3) is 0 Å². The maximum Gasteiger partial charge on any atom is 0.573 e. The van der Waals surface area contributed by atoms with Gasteiger partial charge in [-0.15, -0.1) is 13.2 Å². The van der Waals surface area contributed by atoms with E-state index in [1.54, 1.807) is 6.07 Å². The molecule has 0 aromatic heterocycles. The van der Waals surface area contributed by atoms with Gasteiger partial charge in [0.2, 0.25) is 5.91 Å². The van der Waals surface area contributed by atoms with Gasteiger partial charge in [0.05, 0.1) is 12.3 Å². The number of carbonyl (C=O) groups is 1. The van der Waals surface area contributed by atoms with Crippen molar-refractivity contribution in [3.63, 3.8) is 0 Å². The molecule has 0 fully saturated rings. The highest BCUT2D eigenvalue weighted by Gasteiger charge is 2.31. The van der Waals surface area contributed by atoms with Gasteiger partial charge in [-0.25, -0.2) is 4.39 Å². The quantitative estimate of drug-likeness (QED) is 0.249. The predicted octanol–water partition coefficient (Wildman–Crippen LogP) is 3.12. The number of hydrogen-bond acceptors (Lipinski definition) is 5. The average Bonchev–Trinajstić information content (AvgIpc) is 2.71. The summed E-state index contributed by atoms with van der Waals surface area (Å²) in [6, 6.07) is 10.5. The number of amides is 1. The number of ether oxygens (including phenoxy) is 2. The number of hydrazone groups is 1. The van der Waals surface area contributed by atoms with Gasteiger partial charge in [-0.2, -0.15) is 5.10 Å². The van der Waals surface area contributed by atoms with Crippen molar-refractivity contribution >= 4 is 11.7 Å². The van der Waals surface area contributed by atoms with Crippen LogP contribution in [0.1, 0.15) is 11.1 Å². The minimum Gasteiger partial charge on any atom is -0.406 e. The fourth-order valence-electron chi connectivity index (χ4n) is 2.51. The van der Waals surface area contributed by atoms with E-state index in [1.807, 2.05) is 0 Å². The Morgan fingerprint density at radius 3 is 2.50 bits per heavy atom. The van der Waals surface area contributed by atoms with E-state index >= 15 is 0 Å². The summed E-state index contributed by atoms with van der Waals surface area (Å²) in [5.41, 5.74) is 7.14. The average molecular weight is 454 g/mol. The van der Waals surface area contributed by atoms with E-state index in [1.165, 1.54) is 42.5 Å². The number of amidine groups is 1. The number of alkyl halides is 3. The molecule has 0 saturated heterocycles. The monoisotopic (exact) mass is 454 g/mol. The van der Waals surface area contributed by atoms with E-state index in [0.29, 0.717) is 16.8 Å². The lowest BCUT2D eigenvalue weighted by Crippen LogP contribution is -2.36. The second kappa shape index (κ2) is 11.1. The molecule has 1 amide bonds. The molecule has 0 unspecified atom stereocenters. The number of rotatable bonds is 10. The van der Waals surface area contributed by atoms with Crippen molar-refractivity contribution in [2.45, 2.75) is 12.9 Å². The van der Waals surface area contributed by atoms with Crippen LogP contribution in [0.15, 0.2) is 65.9 Å². The van der Waals surface area contributed by atoms with Gasteiger partial charge >= 0.3 is 6.36 Å². The van der Waals surface area contributed by atoms with Gasteiger partial charge in [0.1, 0.15) is 18.1 Å². The van der Waals surface area contributed by atoms with Crippen LogP contribution >= 0.6 is 0 Å². The summed E-state index contributed by atoms with van der Waals surface area (Å²) in [6.07, 6.45) is -4.81. The molecule has 0 aliphatic carbocycles. The van der Waals surface area contributed by atoms with Crippen molar-refractivity contribution in [1.82, 2.24) is 10.3 Å². The van der Waals surface area contributed by atoms with Gasteiger partial charge in [-0.3, -0.25) is 9.80 Å².